The van der Waals surface area contributed by atoms with E-state index in [1.165, 1.54) is 18.5 Å². The molecule has 1 aliphatic rings. The molecule has 1 saturated carbocycles. The zero-order chi connectivity index (χ0) is 9.26. The van der Waals surface area contributed by atoms with Crippen LogP contribution in [0.5, 0.6) is 0 Å². The van der Waals surface area contributed by atoms with Crippen molar-refractivity contribution in [2.24, 2.45) is 0 Å². The third-order valence-corrected chi connectivity index (χ3v) is 2.78. The highest BCUT2D eigenvalue weighted by atomic mass is 35.5. The Balaban J connectivity index is 2.26. The van der Waals surface area contributed by atoms with Crippen LogP contribution in [0.25, 0.3) is 0 Å². The van der Waals surface area contributed by atoms with Gasteiger partial charge in [0.1, 0.15) is 0 Å². The van der Waals surface area contributed by atoms with Gasteiger partial charge in [-0.2, -0.15) is 0 Å². The molecule has 0 radical (unpaired) electrons. The van der Waals surface area contributed by atoms with Gasteiger partial charge in [0, 0.05) is 36.7 Å². The standard InChI is InChI=1S/C10H13ClN2/c1-13(9-2-3-9)10-4-5-12-7-8(10)6-11/h4-5,7,9H,2-3,6H2,1H3. The van der Waals surface area contributed by atoms with Crippen molar-refractivity contribution in [3.63, 3.8) is 0 Å². The number of anilines is 1. The minimum atomic E-state index is 0.542. The summed E-state index contributed by atoms with van der Waals surface area (Å²) in [5.41, 5.74) is 2.35. The fourth-order valence-corrected chi connectivity index (χ4v) is 1.73. The van der Waals surface area contributed by atoms with Crippen LogP contribution in [0.1, 0.15) is 18.4 Å². The third kappa shape index (κ3) is 1.78. The van der Waals surface area contributed by atoms with Crippen LogP contribution in [-0.2, 0) is 5.88 Å². The molecule has 2 rings (SSSR count). The van der Waals surface area contributed by atoms with E-state index in [1.54, 1.807) is 0 Å². The topological polar surface area (TPSA) is 16.1 Å². The van der Waals surface area contributed by atoms with Gasteiger partial charge in [-0.05, 0) is 18.9 Å². The molecule has 1 aromatic rings. The number of halogens is 1. The average Bonchev–Trinajstić information content (AvgIpc) is 3.00. The lowest BCUT2D eigenvalue weighted by molar-refractivity contribution is 0.906. The van der Waals surface area contributed by atoms with Crippen LogP contribution in [0.15, 0.2) is 18.5 Å². The van der Waals surface area contributed by atoms with Crippen molar-refractivity contribution >= 4 is 17.3 Å². The maximum Gasteiger partial charge on any atom is 0.0509 e. The summed E-state index contributed by atoms with van der Waals surface area (Å²) in [7, 11) is 2.13. The number of nitrogens with zero attached hydrogens (tertiary/aromatic N) is 2. The highest BCUT2D eigenvalue weighted by molar-refractivity contribution is 6.17. The van der Waals surface area contributed by atoms with E-state index >= 15 is 0 Å². The van der Waals surface area contributed by atoms with Crippen LogP contribution < -0.4 is 4.90 Å². The molecule has 1 aliphatic carbocycles. The molecule has 0 aliphatic heterocycles. The van der Waals surface area contributed by atoms with Crippen LogP contribution in [0.3, 0.4) is 0 Å². The van der Waals surface area contributed by atoms with Crippen molar-refractivity contribution in [3.8, 4) is 0 Å². The minimum Gasteiger partial charge on any atom is -0.371 e. The summed E-state index contributed by atoms with van der Waals surface area (Å²) in [4.78, 5) is 6.37. The van der Waals surface area contributed by atoms with Crippen LogP contribution in [-0.4, -0.2) is 18.1 Å². The molecule has 1 heterocycles. The monoisotopic (exact) mass is 196 g/mol. The molecule has 70 valence electrons. The van der Waals surface area contributed by atoms with Crippen LogP contribution >= 0.6 is 11.6 Å². The summed E-state index contributed by atoms with van der Waals surface area (Å²) >= 11 is 5.83. The molecule has 3 heteroatoms. The molecule has 0 amide bonds. The van der Waals surface area contributed by atoms with Crippen LogP contribution in [0, 0.1) is 0 Å². The summed E-state index contributed by atoms with van der Waals surface area (Å²) in [5, 5.41) is 0. The Hall–Kier alpha value is -0.760. The lowest BCUT2D eigenvalue weighted by atomic mass is 10.2. The summed E-state index contributed by atoms with van der Waals surface area (Å²) in [6, 6.07) is 2.76. The quantitative estimate of drug-likeness (QED) is 0.691. The number of aromatic nitrogens is 1. The molecule has 0 unspecified atom stereocenters. The maximum absolute atomic E-state index is 5.83. The van der Waals surface area contributed by atoms with E-state index in [2.05, 4.69) is 16.9 Å². The first-order valence-electron chi connectivity index (χ1n) is 4.54. The van der Waals surface area contributed by atoms with E-state index in [1.807, 2.05) is 18.5 Å². The van der Waals surface area contributed by atoms with Crippen molar-refractivity contribution in [2.75, 3.05) is 11.9 Å². The van der Waals surface area contributed by atoms with E-state index in [4.69, 9.17) is 11.6 Å². The molecule has 0 spiro atoms. The molecule has 0 atom stereocenters. The fraction of sp³-hybridized carbons (Fsp3) is 0.500. The van der Waals surface area contributed by atoms with Crippen molar-refractivity contribution in [3.05, 3.63) is 24.0 Å². The van der Waals surface area contributed by atoms with Gasteiger partial charge in [-0.15, -0.1) is 11.6 Å². The second-order valence-electron chi connectivity index (χ2n) is 3.48. The van der Waals surface area contributed by atoms with Gasteiger partial charge in [0.2, 0.25) is 0 Å². The lowest BCUT2D eigenvalue weighted by Crippen LogP contribution is -2.20. The predicted octanol–water partition coefficient (Wildman–Crippen LogP) is 2.42. The van der Waals surface area contributed by atoms with E-state index in [0.717, 1.165) is 11.6 Å². The Labute approximate surface area is 83.5 Å². The van der Waals surface area contributed by atoms with Gasteiger partial charge in [-0.1, -0.05) is 0 Å². The molecule has 1 aromatic heterocycles. The molecule has 0 saturated heterocycles. The Morgan fingerprint density at radius 3 is 3.00 bits per heavy atom. The Morgan fingerprint density at radius 1 is 1.62 bits per heavy atom. The minimum absolute atomic E-state index is 0.542. The maximum atomic E-state index is 5.83. The fourth-order valence-electron chi connectivity index (χ4n) is 1.53. The number of hydrogen-bond donors (Lipinski definition) is 0. The third-order valence-electron chi connectivity index (χ3n) is 2.50. The molecule has 1 fully saturated rings. The highest BCUT2D eigenvalue weighted by Gasteiger charge is 2.27. The highest BCUT2D eigenvalue weighted by Crippen LogP contribution is 2.32. The van der Waals surface area contributed by atoms with Gasteiger partial charge in [-0.25, -0.2) is 0 Å². The SMILES string of the molecule is CN(c1ccncc1CCl)C1CC1. The molecular weight excluding hydrogens is 184 g/mol. The van der Waals surface area contributed by atoms with Crippen molar-refractivity contribution < 1.29 is 0 Å². The number of rotatable bonds is 3. The number of alkyl halides is 1. The normalized spacial score (nSPS) is 15.8. The average molecular weight is 197 g/mol. The van der Waals surface area contributed by atoms with Crippen molar-refractivity contribution in [2.45, 2.75) is 24.8 Å². The Kier molecular flexibility index (Phi) is 2.40. The summed E-state index contributed by atoms with van der Waals surface area (Å²) < 4.78 is 0. The molecular formula is C10H13ClN2. The largest absolute Gasteiger partial charge is 0.371 e. The molecule has 13 heavy (non-hydrogen) atoms. The first-order chi connectivity index (χ1) is 6.33. The van der Waals surface area contributed by atoms with Gasteiger partial charge >= 0.3 is 0 Å². The van der Waals surface area contributed by atoms with E-state index < -0.39 is 0 Å². The second-order valence-corrected chi connectivity index (χ2v) is 3.75. The van der Waals surface area contributed by atoms with Crippen molar-refractivity contribution in [1.29, 1.82) is 0 Å². The van der Waals surface area contributed by atoms with Gasteiger partial charge in [0.05, 0.1) is 5.88 Å². The zero-order valence-electron chi connectivity index (χ0n) is 7.70. The number of hydrogen-bond acceptors (Lipinski definition) is 2. The van der Waals surface area contributed by atoms with E-state index in [0.29, 0.717) is 5.88 Å². The summed E-state index contributed by atoms with van der Waals surface area (Å²) in [6.45, 7) is 0. The van der Waals surface area contributed by atoms with E-state index in [9.17, 15) is 0 Å². The first kappa shape index (κ1) is 8.82. The van der Waals surface area contributed by atoms with Gasteiger partial charge in [0.25, 0.3) is 0 Å². The van der Waals surface area contributed by atoms with Gasteiger partial charge in [0.15, 0.2) is 0 Å². The van der Waals surface area contributed by atoms with E-state index in [-0.39, 0.29) is 0 Å². The molecule has 0 N–H and O–H groups in total. The molecule has 2 nitrogen and oxygen atoms in total. The van der Waals surface area contributed by atoms with Crippen LogP contribution in [0.4, 0.5) is 5.69 Å². The van der Waals surface area contributed by atoms with Crippen LogP contribution in [0.2, 0.25) is 0 Å². The summed E-state index contributed by atoms with van der Waals surface area (Å²) in [5.74, 6) is 0.542. The van der Waals surface area contributed by atoms with Crippen molar-refractivity contribution in [1.82, 2.24) is 4.98 Å². The smallest absolute Gasteiger partial charge is 0.0509 e. The predicted molar refractivity (Wildman–Crippen MR) is 55.2 cm³/mol. The second kappa shape index (κ2) is 3.54. The lowest BCUT2D eigenvalue weighted by Gasteiger charge is -2.20. The number of pyridine rings is 1. The first-order valence-corrected chi connectivity index (χ1v) is 5.08. The molecule has 0 aromatic carbocycles. The van der Waals surface area contributed by atoms with Gasteiger partial charge in [-0.3, -0.25) is 4.98 Å². The summed E-state index contributed by atoms with van der Waals surface area (Å²) in [6.07, 6.45) is 6.28. The zero-order valence-corrected chi connectivity index (χ0v) is 8.46. The molecule has 0 bridgehead atoms. The van der Waals surface area contributed by atoms with Gasteiger partial charge < -0.3 is 4.90 Å². The Bertz CT molecular complexity index is 297. The Morgan fingerprint density at radius 2 is 2.38 bits per heavy atom.